The number of rotatable bonds is 5. The molecule has 1 fully saturated rings. The minimum atomic E-state index is -0.244. The Kier molecular flexibility index (Phi) is 4.97. The standard InChI is InChI=1S/C23H26N2O2/c1-16-10-12-17(13-11-16)21(14-22(26)24-19-7-3-4-8-19)25-15-18-6-2-5-9-20(18)23(25)27/h2,5-6,9-13,19,21H,3-4,7-8,14-15H2,1H3,(H,24,26)/t21-/m1/s1. The zero-order valence-corrected chi connectivity index (χ0v) is 15.8. The van der Waals surface area contributed by atoms with Gasteiger partial charge in [-0.2, -0.15) is 0 Å². The van der Waals surface area contributed by atoms with E-state index in [1.54, 1.807) is 0 Å². The van der Waals surface area contributed by atoms with Crippen LogP contribution in [-0.4, -0.2) is 22.8 Å². The highest BCUT2D eigenvalue weighted by Gasteiger charge is 2.34. The van der Waals surface area contributed by atoms with Crippen molar-refractivity contribution in [1.29, 1.82) is 0 Å². The highest BCUT2D eigenvalue weighted by molar-refractivity contribution is 5.98. The lowest BCUT2D eigenvalue weighted by molar-refractivity contribution is -0.122. The van der Waals surface area contributed by atoms with Crippen molar-refractivity contribution < 1.29 is 9.59 Å². The van der Waals surface area contributed by atoms with Gasteiger partial charge in [0, 0.05) is 18.2 Å². The highest BCUT2D eigenvalue weighted by Crippen LogP contribution is 2.33. The molecule has 0 spiro atoms. The summed E-state index contributed by atoms with van der Waals surface area (Å²) >= 11 is 0. The van der Waals surface area contributed by atoms with Gasteiger partial charge in [0.25, 0.3) is 5.91 Å². The quantitative estimate of drug-likeness (QED) is 0.869. The first kappa shape index (κ1) is 17.8. The van der Waals surface area contributed by atoms with Crippen molar-refractivity contribution in [2.45, 2.75) is 57.7 Å². The summed E-state index contributed by atoms with van der Waals surface area (Å²) in [6.45, 7) is 2.60. The predicted octanol–water partition coefficient (Wildman–Crippen LogP) is 4.14. The molecular formula is C23H26N2O2. The molecule has 4 heteroatoms. The van der Waals surface area contributed by atoms with Crippen molar-refractivity contribution in [3.8, 4) is 0 Å². The molecule has 2 aliphatic rings. The summed E-state index contributed by atoms with van der Waals surface area (Å²) in [7, 11) is 0. The van der Waals surface area contributed by atoms with Gasteiger partial charge in [0.2, 0.25) is 5.91 Å². The molecule has 1 N–H and O–H groups in total. The minimum absolute atomic E-state index is 0.0184. The van der Waals surface area contributed by atoms with Crippen LogP contribution in [-0.2, 0) is 11.3 Å². The van der Waals surface area contributed by atoms with E-state index in [1.165, 1.54) is 18.4 Å². The number of carbonyl (C=O) groups excluding carboxylic acids is 2. The number of hydrogen-bond donors (Lipinski definition) is 1. The van der Waals surface area contributed by atoms with E-state index in [4.69, 9.17) is 0 Å². The molecule has 0 radical (unpaired) electrons. The molecule has 2 amide bonds. The summed E-state index contributed by atoms with van der Waals surface area (Å²) in [4.78, 5) is 27.6. The van der Waals surface area contributed by atoms with Crippen LogP contribution in [0.4, 0.5) is 0 Å². The number of hydrogen-bond acceptors (Lipinski definition) is 2. The maximum Gasteiger partial charge on any atom is 0.255 e. The van der Waals surface area contributed by atoms with Gasteiger partial charge in [-0.05, 0) is 37.0 Å². The maximum absolute atomic E-state index is 13.0. The number of carbonyl (C=O) groups is 2. The van der Waals surface area contributed by atoms with Crippen LogP contribution in [0, 0.1) is 6.92 Å². The molecule has 1 atom stereocenters. The molecule has 0 unspecified atom stereocenters. The lowest BCUT2D eigenvalue weighted by Gasteiger charge is -2.28. The number of fused-ring (bicyclic) bond motifs is 1. The van der Waals surface area contributed by atoms with E-state index >= 15 is 0 Å². The molecule has 4 nitrogen and oxygen atoms in total. The van der Waals surface area contributed by atoms with Crippen LogP contribution in [0.25, 0.3) is 0 Å². The summed E-state index contributed by atoms with van der Waals surface area (Å²) in [6, 6.07) is 16.0. The van der Waals surface area contributed by atoms with E-state index in [0.29, 0.717) is 19.0 Å². The van der Waals surface area contributed by atoms with Crippen LogP contribution >= 0.6 is 0 Å². The zero-order chi connectivity index (χ0) is 18.8. The van der Waals surface area contributed by atoms with Gasteiger partial charge in [0.15, 0.2) is 0 Å². The SMILES string of the molecule is Cc1ccc([C@@H](CC(=O)NC2CCCC2)N2Cc3ccccc3C2=O)cc1. The third-order valence-corrected chi connectivity index (χ3v) is 5.79. The Morgan fingerprint density at radius 3 is 2.52 bits per heavy atom. The Hall–Kier alpha value is -2.62. The van der Waals surface area contributed by atoms with Gasteiger partial charge in [-0.1, -0.05) is 60.9 Å². The zero-order valence-electron chi connectivity index (χ0n) is 15.8. The molecule has 2 aromatic carbocycles. The molecule has 140 valence electrons. The van der Waals surface area contributed by atoms with Crippen LogP contribution in [0.3, 0.4) is 0 Å². The van der Waals surface area contributed by atoms with Crippen molar-refractivity contribution in [1.82, 2.24) is 10.2 Å². The van der Waals surface area contributed by atoms with Crippen molar-refractivity contribution in [2.75, 3.05) is 0 Å². The van der Waals surface area contributed by atoms with Gasteiger partial charge >= 0.3 is 0 Å². The molecule has 1 saturated carbocycles. The van der Waals surface area contributed by atoms with Gasteiger partial charge in [-0.25, -0.2) is 0 Å². The lowest BCUT2D eigenvalue weighted by atomic mass is 10.00. The molecule has 0 aromatic heterocycles. The molecule has 0 saturated heterocycles. The van der Waals surface area contributed by atoms with Crippen LogP contribution in [0.5, 0.6) is 0 Å². The van der Waals surface area contributed by atoms with E-state index in [2.05, 4.69) is 5.32 Å². The molecule has 0 bridgehead atoms. The number of aryl methyl sites for hydroxylation is 1. The van der Waals surface area contributed by atoms with Gasteiger partial charge in [0.1, 0.15) is 0 Å². The van der Waals surface area contributed by atoms with E-state index in [0.717, 1.165) is 29.5 Å². The normalized spacial score (nSPS) is 17.8. The fraction of sp³-hybridized carbons (Fsp3) is 0.391. The van der Waals surface area contributed by atoms with Crippen LogP contribution in [0.1, 0.15) is 65.2 Å². The minimum Gasteiger partial charge on any atom is -0.353 e. The Balaban J connectivity index is 1.57. The Morgan fingerprint density at radius 1 is 1.11 bits per heavy atom. The van der Waals surface area contributed by atoms with Gasteiger partial charge in [0.05, 0.1) is 12.5 Å². The summed E-state index contributed by atoms with van der Waals surface area (Å²) in [5, 5.41) is 3.17. The van der Waals surface area contributed by atoms with Crippen LogP contribution in [0.15, 0.2) is 48.5 Å². The fourth-order valence-electron chi connectivity index (χ4n) is 4.26. The van der Waals surface area contributed by atoms with E-state index in [-0.39, 0.29) is 17.9 Å². The van der Waals surface area contributed by atoms with Gasteiger partial charge in [-0.3, -0.25) is 9.59 Å². The molecule has 27 heavy (non-hydrogen) atoms. The topological polar surface area (TPSA) is 49.4 Å². The van der Waals surface area contributed by atoms with Crippen molar-refractivity contribution in [3.63, 3.8) is 0 Å². The molecule has 1 heterocycles. The number of nitrogens with one attached hydrogen (secondary N) is 1. The first-order chi connectivity index (χ1) is 13.1. The Bertz CT molecular complexity index is 838. The number of amides is 2. The second-order valence-electron chi connectivity index (χ2n) is 7.77. The Labute approximate surface area is 160 Å². The maximum atomic E-state index is 13.0. The molecule has 1 aliphatic carbocycles. The van der Waals surface area contributed by atoms with E-state index in [9.17, 15) is 9.59 Å². The third kappa shape index (κ3) is 3.75. The van der Waals surface area contributed by atoms with Gasteiger partial charge < -0.3 is 10.2 Å². The molecule has 1 aliphatic heterocycles. The molecule has 2 aromatic rings. The third-order valence-electron chi connectivity index (χ3n) is 5.79. The average molecular weight is 362 g/mol. The van der Waals surface area contributed by atoms with Gasteiger partial charge in [-0.15, -0.1) is 0 Å². The monoisotopic (exact) mass is 362 g/mol. The second kappa shape index (κ2) is 7.55. The summed E-state index contributed by atoms with van der Waals surface area (Å²) < 4.78 is 0. The van der Waals surface area contributed by atoms with E-state index in [1.807, 2.05) is 60.4 Å². The smallest absolute Gasteiger partial charge is 0.255 e. The van der Waals surface area contributed by atoms with Crippen molar-refractivity contribution in [2.24, 2.45) is 0 Å². The predicted molar refractivity (Wildman–Crippen MR) is 105 cm³/mol. The van der Waals surface area contributed by atoms with Crippen molar-refractivity contribution in [3.05, 3.63) is 70.8 Å². The second-order valence-corrected chi connectivity index (χ2v) is 7.77. The highest BCUT2D eigenvalue weighted by atomic mass is 16.2. The number of nitrogens with zero attached hydrogens (tertiary/aromatic N) is 1. The average Bonchev–Trinajstić information content (AvgIpc) is 3.29. The van der Waals surface area contributed by atoms with Crippen LogP contribution in [0.2, 0.25) is 0 Å². The van der Waals surface area contributed by atoms with E-state index < -0.39 is 0 Å². The van der Waals surface area contributed by atoms with Crippen molar-refractivity contribution >= 4 is 11.8 Å². The molecular weight excluding hydrogens is 336 g/mol. The number of benzene rings is 2. The summed E-state index contributed by atoms with van der Waals surface area (Å²) in [5.74, 6) is 0.0565. The summed E-state index contributed by atoms with van der Waals surface area (Å²) in [6.07, 6.45) is 4.81. The fourth-order valence-corrected chi connectivity index (χ4v) is 4.26. The summed E-state index contributed by atoms with van der Waals surface area (Å²) in [5.41, 5.74) is 3.98. The Morgan fingerprint density at radius 2 is 1.81 bits per heavy atom. The first-order valence-electron chi connectivity index (χ1n) is 9.86. The van der Waals surface area contributed by atoms with Crippen LogP contribution < -0.4 is 5.32 Å². The first-order valence-corrected chi connectivity index (χ1v) is 9.86. The largest absolute Gasteiger partial charge is 0.353 e. The lowest BCUT2D eigenvalue weighted by Crippen LogP contribution is -2.37. The molecule has 4 rings (SSSR count).